The number of H-pyrrole nitrogens is 1. The Morgan fingerprint density at radius 3 is 2.89 bits per heavy atom. The number of hydrogen-bond acceptors (Lipinski definition) is 3. The molecule has 1 aromatic carbocycles. The summed E-state index contributed by atoms with van der Waals surface area (Å²) in [5.41, 5.74) is 2.11. The predicted molar refractivity (Wildman–Crippen MR) is 70.3 cm³/mol. The van der Waals surface area contributed by atoms with Gasteiger partial charge in [-0.05, 0) is 37.0 Å². The van der Waals surface area contributed by atoms with Gasteiger partial charge in [0.15, 0.2) is 0 Å². The second-order valence-corrected chi connectivity index (χ2v) is 4.82. The van der Waals surface area contributed by atoms with Crippen LogP contribution in [-0.4, -0.2) is 27.9 Å². The summed E-state index contributed by atoms with van der Waals surface area (Å²) in [6, 6.07) is 5.31. The SMILES string of the molecule is CC(C)CCCNC(=O)c1ccc2n[nH]nc2c1. The highest BCUT2D eigenvalue weighted by Gasteiger charge is 2.07. The van der Waals surface area contributed by atoms with Gasteiger partial charge in [0.2, 0.25) is 0 Å². The Morgan fingerprint density at radius 2 is 2.11 bits per heavy atom. The van der Waals surface area contributed by atoms with E-state index in [2.05, 4.69) is 34.6 Å². The molecule has 0 saturated carbocycles. The number of aromatic amines is 1. The topological polar surface area (TPSA) is 70.7 Å². The van der Waals surface area contributed by atoms with Crippen LogP contribution in [0, 0.1) is 5.92 Å². The molecule has 0 aliphatic carbocycles. The highest BCUT2D eigenvalue weighted by atomic mass is 16.1. The summed E-state index contributed by atoms with van der Waals surface area (Å²) in [4.78, 5) is 11.9. The van der Waals surface area contributed by atoms with Gasteiger partial charge in [-0.1, -0.05) is 13.8 Å². The van der Waals surface area contributed by atoms with Crippen molar-refractivity contribution in [1.82, 2.24) is 20.7 Å². The number of benzene rings is 1. The Bertz CT molecular complexity index is 533. The van der Waals surface area contributed by atoms with Crippen molar-refractivity contribution in [2.45, 2.75) is 26.7 Å². The van der Waals surface area contributed by atoms with E-state index in [-0.39, 0.29) is 5.91 Å². The zero-order chi connectivity index (χ0) is 13.0. The molecule has 0 atom stereocenters. The van der Waals surface area contributed by atoms with Gasteiger partial charge >= 0.3 is 0 Å². The zero-order valence-corrected chi connectivity index (χ0v) is 10.7. The summed E-state index contributed by atoms with van der Waals surface area (Å²) in [5.74, 6) is 0.622. The molecule has 96 valence electrons. The van der Waals surface area contributed by atoms with Crippen molar-refractivity contribution in [1.29, 1.82) is 0 Å². The average Bonchev–Trinajstić information content (AvgIpc) is 2.81. The predicted octanol–water partition coefficient (Wildman–Crippen LogP) is 2.12. The van der Waals surface area contributed by atoms with Gasteiger partial charge in [0.05, 0.1) is 0 Å². The smallest absolute Gasteiger partial charge is 0.251 e. The molecule has 1 aromatic heterocycles. The fourth-order valence-corrected chi connectivity index (χ4v) is 1.80. The molecule has 0 radical (unpaired) electrons. The standard InChI is InChI=1S/C13H18N4O/c1-9(2)4-3-7-14-13(18)10-5-6-11-12(8-10)16-17-15-11/h5-6,8-9H,3-4,7H2,1-2H3,(H,14,18)(H,15,16,17). The second-order valence-electron chi connectivity index (χ2n) is 4.82. The molecule has 18 heavy (non-hydrogen) atoms. The van der Waals surface area contributed by atoms with Crippen LogP contribution in [0.5, 0.6) is 0 Å². The number of hydrogen-bond donors (Lipinski definition) is 2. The molecule has 2 aromatic rings. The van der Waals surface area contributed by atoms with Crippen LogP contribution in [0.2, 0.25) is 0 Å². The van der Waals surface area contributed by atoms with Gasteiger partial charge in [0.1, 0.15) is 11.0 Å². The number of carbonyl (C=O) groups is 1. The van der Waals surface area contributed by atoms with Gasteiger partial charge in [0, 0.05) is 12.1 Å². The Morgan fingerprint density at radius 1 is 1.33 bits per heavy atom. The first-order chi connectivity index (χ1) is 8.66. The second kappa shape index (κ2) is 5.62. The molecule has 0 bridgehead atoms. The average molecular weight is 246 g/mol. The first-order valence-corrected chi connectivity index (χ1v) is 6.25. The molecule has 1 amide bonds. The largest absolute Gasteiger partial charge is 0.352 e. The van der Waals surface area contributed by atoms with Crippen LogP contribution in [0.3, 0.4) is 0 Å². The maximum absolute atomic E-state index is 11.9. The maximum atomic E-state index is 11.9. The van der Waals surface area contributed by atoms with Gasteiger partial charge < -0.3 is 5.32 Å². The number of nitrogens with one attached hydrogen (secondary N) is 2. The van der Waals surface area contributed by atoms with E-state index in [1.165, 1.54) is 0 Å². The Kier molecular flexibility index (Phi) is 3.92. The highest BCUT2D eigenvalue weighted by molar-refractivity contribution is 5.97. The summed E-state index contributed by atoms with van der Waals surface area (Å²) in [6.45, 7) is 5.08. The number of rotatable bonds is 5. The van der Waals surface area contributed by atoms with E-state index in [0.717, 1.165) is 18.4 Å². The van der Waals surface area contributed by atoms with Crippen LogP contribution in [0.4, 0.5) is 0 Å². The molecule has 0 fully saturated rings. The Balaban J connectivity index is 1.92. The van der Waals surface area contributed by atoms with Crippen LogP contribution < -0.4 is 5.32 Å². The molecule has 5 nitrogen and oxygen atoms in total. The summed E-state index contributed by atoms with van der Waals surface area (Å²) >= 11 is 0. The van der Waals surface area contributed by atoms with E-state index < -0.39 is 0 Å². The minimum atomic E-state index is -0.0522. The third-order valence-electron chi connectivity index (χ3n) is 2.82. The van der Waals surface area contributed by atoms with E-state index in [1.807, 2.05) is 0 Å². The first kappa shape index (κ1) is 12.5. The fraction of sp³-hybridized carbons (Fsp3) is 0.462. The number of carbonyl (C=O) groups excluding carboxylic acids is 1. The number of amides is 1. The van der Waals surface area contributed by atoms with E-state index >= 15 is 0 Å². The van der Waals surface area contributed by atoms with Crippen molar-refractivity contribution in [3.63, 3.8) is 0 Å². The third-order valence-corrected chi connectivity index (χ3v) is 2.82. The van der Waals surface area contributed by atoms with Crippen molar-refractivity contribution in [2.75, 3.05) is 6.54 Å². The van der Waals surface area contributed by atoms with Crippen molar-refractivity contribution < 1.29 is 4.79 Å². The van der Waals surface area contributed by atoms with Crippen LogP contribution in [0.15, 0.2) is 18.2 Å². The molecule has 0 spiro atoms. The number of fused-ring (bicyclic) bond motifs is 1. The lowest BCUT2D eigenvalue weighted by molar-refractivity contribution is 0.0952. The lowest BCUT2D eigenvalue weighted by atomic mass is 10.1. The van der Waals surface area contributed by atoms with E-state index in [4.69, 9.17) is 0 Å². The summed E-state index contributed by atoms with van der Waals surface area (Å²) in [7, 11) is 0. The Labute approximate surface area is 106 Å². The lowest BCUT2D eigenvalue weighted by Gasteiger charge is -2.06. The third kappa shape index (κ3) is 3.06. The van der Waals surface area contributed by atoms with Crippen LogP contribution in [0.1, 0.15) is 37.0 Å². The zero-order valence-electron chi connectivity index (χ0n) is 10.7. The normalized spacial score (nSPS) is 11.1. The molecule has 0 aliphatic heterocycles. The van der Waals surface area contributed by atoms with Gasteiger partial charge in [-0.2, -0.15) is 15.4 Å². The Hall–Kier alpha value is -1.91. The molecule has 1 heterocycles. The van der Waals surface area contributed by atoms with Crippen molar-refractivity contribution in [2.24, 2.45) is 5.92 Å². The quantitative estimate of drug-likeness (QED) is 0.794. The summed E-state index contributed by atoms with van der Waals surface area (Å²) in [6.07, 6.45) is 2.14. The lowest BCUT2D eigenvalue weighted by Crippen LogP contribution is -2.24. The molecule has 0 unspecified atom stereocenters. The summed E-state index contributed by atoms with van der Waals surface area (Å²) < 4.78 is 0. The van der Waals surface area contributed by atoms with E-state index in [9.17, 15) is 4.79 Å². The fourth-order valence-electron chi connectivity index (χ4n) is 1.80. The first-order valence-electron chi connectivity index (χ1n) is 6.25. The van der Waals surface area contributed by atoms with Crippen LogP contribution in [-0.2, 0) is 0 Å². The molecule has 2 N–H and O–H groups in total. The van der Waals surface area contributed by atoms with Gasteiger partial charge in [0.25, 0.3) is 5.91 Å². The highest BCUT2D eigenvalue weighted by Crippen LogP contribution is 2.10. The monoisotopic (exact) mass is 246 g/mol. The van der Waals surface area contributed by atoms with E-state index in [1.54, 1.807) is 18.2 Å². The van der Waals surface area contributed by atoms with Crippen LogP contribution >= 0.6 is 0 Å². The van der Waals surface area contributed by atoms with E-state index in [0.29, 0.717) is 23.5 Å². The molecule has 5 heteroatoms. The van der Waals surface area contributed by atoms with Gasteiger partial charge in [-0.25, -0.2) is 0 Å². The molecular formula is C13H18N4O. The van der Waals surface area contributed by atoms with Crippen molar-refractivity contribution in [3.8, 4) is 0 Å². The minimum absolute atomic E-state index is 0.0522. The molecule has 2 rings (SSSR count). The van der Waals surface area contributed by atoms with Gasteiger partial charge in [-0.3, -0.25) is 4.79 Å². The summed E-state index contributed by atoms with van der Waals surface area (Å²) in [5, 5.41) is 13.4. The van der Waals surface area contributed by atoms with Crippen molar-refractivity contribution >= 4 is 16.9 Å². The molecule has 0 aliphatic rings. The minimum Gasteiger partial charge on any atom is -0.352 e. The maximum Gasteiger partial charge on any atom is 0.251 e. The van der Waals surface area contributed by atoms with Crippen molar-refractivity contribution in [3.05, 3.63) is 23.8 Å². The molecular weight excluding hydrogens is 228 g/mol. The molecule has 0 saturated heterocycles. The number of nitrogens with zero attached hydrogens (tertiary/aromatic N) is 2. The van der Waals surface area contributed by atoms with Crippen LogP contribution in [0.25, 0.3) is 11.0 Å². The number of aromatic nitrogens is 3. The van der Waals surface area contributed by atoms with Gasteiger partial charge in [-0.15, -0.1) is 0 Å².